The third-order valence-corrected chi connectivity index (χ3v) is 3.45. The molecule has 2 aromatic carbocycles. The van der Waals surface area contributed by atoms with E-state index in [1.54, 1.807) is 12.1 Å². The van der Waals surface area contributed by atoms with E-state index in [1.807, 2.05) is 24.3 Å². The summed E-state index contributed by atoms with van der Waals surface area (Å²) in [5.41, 5.74) is 8.03. The molecule has 0 aliphatic heterocycles. The number of rotatable bonds is 5. The molecule has 0 radical (unpaired) electrons. The quantitative estimate of drug-likeness (QED) is 0.754. The Bertz CT molecular complexity index is 602. The second-order valence-electron chi connectivity index (χ2n) is 4.37. The van der Waals surface area contributed by atoms with Crippen molar-refractivity contribution in [2.24, 2.45) is 0 Å². The van der Waals surface area contributed by atoms with Crippen LogP contribution in [0.15, 0.2) is 36.4 Å². The SMILES string of the molecule is CCCOc1cc(N)cc(Nc2cccc(Cl)c2Cl)c1. The molecular formula is C15H16Cl2N2O. The first kappa shape index (κ1) is 14.8. The van der Waals surface area contributed by atoms with Crippen molar-refractivity contribution in [1.29, 1.82) is 0 Å². The molecule has 3 N–H and O–H groups in total. The number of ether oxygens (including phenoxy) is 1. The van der Waals surface area contributed by atoms with Crippen LogP contribution < -0.4 is 15.8 Å². The van der Waals surface area contributed by atoms with Gasteiger partial charge in [0.05, 0.1) is 22.3 Å². The van der Waals surface area contributed by atoms with Gasteiger partial charge in [0.15, 0.2) is 0 Å². The van der Waals surface area contributed by atoms with E-state index in [-0.39, 0.29) is 0 Å². The van der Waals surface area contributed by atoms with Crippen LogP contribution in [0.4, 0.5) is 17.1 Å². The number of nitrogens with one attached hydrogen (secondary N) is 1. The molecule has 0 saturated heterocycles. The molecule has 5 heteroatoms. The lowest BCUT2D eigenvalue weighted by Crippen LogP contribution is -1.98. The Hall–Kier alpha value is -1.58. The lowest BCUT2D eigenvalue weighted by molar-refractivity contribution is 0.318. The second-order valence-corrected chi connectivity index (χ2v) is 5.15. The highest BCUT2D eigenvalue weighted by Gasteiger charge is 2.06. The molecule has 0 bridgehead atoms. The normalized spacial score (nSPS) is 10.3. The first-order valence-corrected chi connectivity index (χ1v) is 7.10. The Morgan fingerprint density at radius 1 is 1.20 bits per heavy atom. The molecule has 0 saturated carbocycles. The summed E-state index contributed by atoms with van der Waals surface area (Å²) in [4.78, 5) is 0. The summed E-state index contributed by atoms with van der Waals surface area (Å²) in [6, 6.07) is 10.9. The zero-order valence-electron chi connectivity index (χ0n) is 11.1. The number of halogens is 2. The number of benzene rings is 2. The highest BCUT2D eigenvalue weighted by molar-refractivity contribution is 6.43. The average molecular weight is 311 g/mol. The molecule has 0 spiro atoms. The van der Waals surface area contributed by atoms with Crippen LogP contribution in [0.5, 0.6) is 5.75 Å². The highest BCUT2D eigenvalue weighted by Crippen LogP contribution is 2.33. The monoisotopic (exact) mass is 310 g/mol. The molecule has 0 aliphatic carbocycles. The van der Waals surface area contributed by atoms with Crippen molar-refractivity contribution in [3.63, 3.8) is 0 Å². The summed E-state index contributed by atoms with van der Waals surface area (Å²) in [5.74, 6) is 0.729. The average Bonchev–Trinajstić information content (AvgIpc) is 2.41. The fourth-order valence-corrected chi connectivity index (χ4v) is 2.10. The van der Waals surface area contributed by atoms with Crippen LogP contribution in [-0.2, 0) is 0 Å². The van der Waals surface area contributed by atoms with Gasteiger partial charge in [0, 0.05) is 23.5 Å². The molecule has 0 aromatic heterocycles. The van der Waals surface area contributed by atoms with E-state index in [4.69, 9.17) is 33.7 Å². The summed E-state index contributed by atoms with van der Waals surface area (Å²) >= 11 is 12.1. The lowest BCUT2D eigenvalue weighted by atomic mass is 10.2. The number of nitrogens with two attached hydrogens (primary N) is 1. The van der Waals surface area contributed by atoms with E-state index in [2.05, 4.69) is 12.2 Å². The summed E-state index contributed by atoms with van der Waals surface area (Å²) in [6.45, 7) is 2.71. The van der Waals surface area contributed by atoms with Crippen LogP contribution in [0.3, 0.4) is 0 Å². The molecular weight excluding hydrogens is 295 g/mol. The minimum atomic E-state index is 0.479. The molecule has 0 heterocycles. The summed E-state index contributed by atoms with van der Waals surface area (Å²) in [6.07, 6.45) is 0.942. The molecule has 0 fully saturated rings. The first-order chi connectivity index (χ1) is 9.60. The van der Waals surface area contributed by atoms with E-state index in [1.165, 1.54) is 0 Å². The molecule has 3 nitrogen and oxygen atoms in total. The van der Waals surface area contributed by atoms with Gasteiger partial charge < -0.3 is 15.8 Å². The third-order valence-electron chi connectivity index (χ3n) is 2.63. The number of anilines is 3. The second kappa shape index (κ2) is 6.73. The first-order valence-electron chi connectivity index (χ1n) is 6.34. The Kier molecular flexibility index (Phi) is 4.99. The van der Waals surface area contributed by atoms with Gasteiger partial charge in [0.1, 0.15) is 5.75 Å². The van der Waals surface area contributed by atoms with Gasteiger partial charge >= 0.3 is 0 Å². The van der Waals surface area contributed by atoms with Crippen LogP contribution in [0.1, 0.15) is 13.3 Å². The number of hydrogen-bond acceptors (Lipinski definition) is 3. The van der Waals surface area contributed by atoms with Crippen molar-refractivity contribution in [2.45, 2.75) is 13.3 Å². The van der Waals surface area contributed by atoms with E-state index in [0.717, 1.165) is 23.5 Å². The van der Waals surface area contributed by atoms with E-state index in [9.17, 15) is 0 Å². The van der Waals surface area contributed by atoms with Gasteiger partial charge in [-0.1, -0.05) is 36.2 Å². The van der Waals surface area contributed by atoms with Gasteiger partial charge in [-0.25, -0.2) is 0 Å². The van der Waals surface area contributed by atoms with Crippen LogP contribution >= 0.6 is 23.2 Å². The Morgan fingerprint density at radius 2 is 2.00 bits per heavy atom. The lowest BCUT2D eigenvalue weighted by Gasteiger charge is -2.12. The maximum Gasteiger partial charge on any atom is 0.123 e. The van der Waals surface area contributed by atoms with Gasteiger partial charge in [0.2, 0.25) is 0 Å². The van der Waals surface area contributed by atoms with Gasteiger partial charge in [0.25, 0.3) is 0 Å². The Morgan fingerprint density at radius 3 is 2.75 bits per heavy atom. The Balaban J connectivity index is 2.24. The standard InChI is InChI=1S/C15H16Cl2N2O/c1-2-6-20-12-8-10(18)7-11(9-12)19-14-5-3-4-13(16)15(14)17/h3-5,7-9,19H,2,6,18H2,1H3. The van der Waals surface area contributed by atoms with Gasteiger partial charge in [-0.3, -0.25) is 0 Å². The maximum atomic E-state index is 6.15. The fraction of sp³-hybridized carbons (Fsp3) is 0.200. The van der Waals surface area contributed by atoms with E-state index in [0.29, 0.717) is 22.3 Å². The Labute approximate surface area is 128 Å². The van der Waals surface area contributed by atoms with Gasteiger partial charge in [-0.2, -0.15) is 0 Å². The van der Waals surface area contributed by atoms with Crippen molar-refractivity contribution in [3.8, 4) is 5.75 Å². The summed E-state index contributed by atoms with van der Waals surface area (Å²) in [7, 11) is 0. The van der Waals surface area contributed by atoms with Gasteiger partial charge in [-0.05, 0) is 24.6 Å². The smallest absolute Gasteiger partial charge is 0.123 e. The van der Waals surface area contributed by atoms with Crippen LogP contribution in [0.2, 0.25) is 10.0 Å². The maximum absolute atomic E-state index is 6.15. The molecule has 0 atom stereocenters. The van der Waals surface area contributed by atoms with Crippen molar-refractivity contribution in [1.82, 2.24) is 0 Å². The molecule has 0 amide bonds. The van der Waals surface area contributed by atoms with E-state index >= 15 is 0 Å². The summed E-state index contributed by atoms with van der Waals surface area (Å²) < 4.78 is 5.59. The van der Waals surface area contributed by atoms with E-state index < -0.39 is 0 Å². The molecule has 20 heavy (non-hydrogen) atoms. The zero-order valence-corrected chi connectivity index (χ0v) is 12.6. The molecule has 2 rings (SSSR count). The van der Waals surface area contributed by atoms with Crippen LogP contribution in [0, 0.1) is 0 Å². The van der Waals surface area contributed by atoms with Crippen LogP contribution in [0.25, 0.3) is 0 Å². The predicted molar refractivity (Wildman–Crippen MR) is 86.4 cm³/mol. The highest BCUT2D eigenvalue weighted by atomic mass is 35.5. The predicted octanol–water partition coefficient (Wildman–Crippen LogP) is 5.11. The van der Waals surface area contributed by atoms with Crippen molar-refractivity contribution in [2.75, 3.05) is 17.7 Å². The van der Waals surface area contributed by atoms with Crippen molar-refractivity contribution >= 4 is 40.3 Å². The molecule has 2 aromatic rings. The number of hydrogen-bond donors (Lipinski definition) is 2. The van der Waals surface area contributed by atoms with Gasteiger partial charge in [-0.15, -0.1) is 0 Å². The number of nitrogen functional groups attached to an aromatic ring is 1. The van der Waals surface area contributed by atoms with Crippen LogP contribution in [-0.4, -0.2) is 6.61 Å². The fourth-order valence-electron chi connectivity index (χ4n) is 1.75. The molecule has 0 aliphatic rings. The minimum Gasteiger partial charge on any atom is -0.493 e. The molecule has 106 valence electrons. The van der Waals surface area contributed by atoms with Crippen molar-refractivity contribution in [3.05, 3.63) is 46.4 Å². The zero-order chi connectivity index (χ0) is 14.5. The third kappa shape index (κ3) is 3.71. The largest absolute Gasteiger partial charge is 0.493 e. The van der Waals surface area contributed by atoms with Crippen molar-refractivity contribution < 1.29 is 4.74 Å². The topological polar surface area (TPSA) is 47.3 Å². The minimum absolute atomic E-state index is 0.479. The molecule has 0 unspecified atom stereocenters. The summed E-state index contributed by atoms with van der Waals surface area (Å²) in [5, 5.41) is 4.18.